The monoisotopic (exact) mass is 221 g/mol. The Bertz CT molecular complexity index is 348. The van der Waals surface area contributed by atoms with Crippen LogP contribution < -0.4 is 0 Å². The highest BCUT2D eigenvalue weighted by atomic mass is 16.2. The van der Waals surface area contributed by atoms with E-state index in [0.717, 1.165) is 10.5 Å². The van der Waals surface area contributed by atoms with Crippen molar-refractivity contribution in [2.24, 2.45) is 0 Å². The molecule has 0 unspecified atom stereocenters. The van der Waals surface area contributed by atoms with Gasteiger partial charge in [-0.2, -0.15) is 0 Å². The first-order chi connectivity index (χ1) is 7.70. The van der Waals surface area contributed by atoms with Gasteiger partial charge in [0.1, 0.15) is 0 Å². The van der Waals surface area contributed by atoms with Crippen molar-refractivity contribution in [1.82, 2.24) is 4.90 Å². The van der Waals surface area contributed by atoms with E-state index in [1.165, 1.54) is 0 Å². The van der Waals surface area contributed by atoms with Crippen LogP contribution in [-0.4, -0.2) is 23.8 Å². The zero-order valence-corrected chi connectivity index (χ0v) is 10.4. The van der Waals surface area contributed by atoms with Gasteiger partial charge in [-0.15, -0.1) is 0 Å². The van der Waals surface area contributed by atoms with Gasteiger partial charge in [0, 0.05) is 12.1 Å². The average Bonchev–Trinajstić information content (AvgIpc) is 2.33. The third-order valence-corrected chi connectivity index (χ3v) is 2.10. The molecule has 0 N–H and O–H groups in total. The average molecular weight is 221 g/mol. The summed E-state index contributed by atoms with van der Waals surface area (Å²) in [6.45, 7) is 8.02. The van der Waals surface area contributed by atoms with Crippen LogP contribution in [0.5, 0.6) is 0 Å². The minimum atomic E-state index is -0.236. The van der Waals surface area contributed by atoms with E-state index in [0.29, 0.717) is 18.5 Å². The summed E-state index contributed by atoms with van der Waals surface area (Å²) in [6, 6.07) is 7.23. The summed E-state index contributed by atoms with van der Waals surface area (Å²) in [5.74, 6) is -0.236. The molecule has 0 atom stereocenters. The maximum Gasteiger partial charge on any atom is 0.260 e. The highest BCUT2D eigenvalue weighted by molar-refractivity contribution is 6.00. The summed E-state index contributed by atoms with van der Waals surface area (Å²) in [5, 5.41) is 0. The van der Waals surface area contributed by atoms with Crippen LogP contribution in [0.15, 0.2) is 24.3 Å². The minimum absolute atomic E-state index is 0.236. The molecule has 3 heteroatoms. The van der Waals surface area contributed by atoms with Crippen LogP contribution in [0.4, 0.5) is 0 Å². The van der Waals surface area contributed by atoms with Gasteiger partial charge in [0.15, 0.2) is 0 Å². The lowest BCUT2D eigenvalue weighted by Gasteiger charge is -2.13. The normalized spacial score (nSPS) is 8.75. The highest BCUT2D eigenvalue weighted by Gasteiger charge is 2.14. The molecule has 0 aliphatic heterocycles. The minimum Gasteiger partial charge on any atom is -0.281 e. The molecule has 0 aliphatic carbocycles. The van der Waals surface area contributed by atoms with Crippen molar-refractivity contribution in [2.75, 3.05) is 6.54 Å². The lowest BCUT2D eigenvalue weighted by atomic mass is 10.1. The molecule has 3 nitrogen and oxygen atoms in total. The summed E-state index contributed by atoms with van der Waals surface area (Å²) in [7, 11) is 0. The zero-order valence-electron chi connectivity index (χ0n) is 10.4. The second-order valence-corrected chi connectivity index (χ2v) is 3.01. The number of nitrogens with zero attached hydrogens (tertiary/aromatic N) is 1. The van der Waals surface area contributed by atoms with Gasteiger partial charge < -0.3 is 0 Å². The maximum absolute atomic E-state index is 11.7. The Morgan fingerprint density at radius 2 is 1.88 bits per heavy atom. The Morgan fingerprint density at radius 1 is 1.31 bits per heavy atom. The topological polar surface area (TPSA) is 37.4 Å². The SMILES string of the molecule is CC.CCN(C=O)C(=O)c1ccccc1C. The number of benzene rings is 1. The van der Waals surface area contributed by atoms with E-state index in [4.69, 9.17) is 0 Å². The van der Waals surface area contributed by atoms with Crippen LogP contribution in [0.1, 0.15) is 36.7 Å². The predicted molar refractivity (Wildman–Crippen MR) is 65.3 cm³/mol. The van der Waals surface area contributed by atoms with Crippen molar-refractivity contribution < 1.29 is 9.59 Å². The molecule has 0 bridgehead atoms. The molecule has 0 aliphatic rings. The van der Waals surface area contributed by atoms with Gasteiger partial charge in [-0.1, -0.05) is 32.0 Å². The fourth-order valence-electron chi connectivity index (χ4n) is 1.23. The molecule has 1 rings (SSSR count). The van der Waals surface area contributed by atoms with E-state index >= 15 is 0 Å². The number of imide groups is 1. The third-order valence-electron chi connectivity index (χ3n) is 2.10. The largest absolute Gasteiger partial charge is 0.281 e. The molecule has 0 saturated heterocycles. The van der Waals surface area contributed by atoms with Crippen molar-refractivity contribution in [2.45, 2.75) is 27.7 Å². The van der Waals surface area contributed by atoms with E-state index in [9.17, 15) is 9.59 Å². The lowest BCUT2D eigenvalue weighted by molar-refractivity contribution is -0.115. The molecule has 0 spiro atoms. The standard InChI is InChI=1S/C11H13NO2.C2H6/c1-3-12(8-13)11(14)10-7-5-4-6-9(10)2;1-2/h4-8H,3H2,1-2H3;1-2H3. The van der Waals surface area contributed by atoms with Gasteiger partial charge in [0.2, 0.25) is 6.41 Å². The number of amides is 2. The van der Waals surface area contributed by atoms with Crippen LogP contribution in [0, 0.1) is 6.92 Å². The van der Waals surface area contributed by atoms with Crippen LogP contribution in [0.3, 0.4) is 0 Å². The summed E-state index contributed by atoms with van der Waals surface area (Å²) < 4.78 is 0. The number of aryl methyl sites for hydroxylation is 1. The predicted octanol–water partition coefficient (Wildman–Crippen LogP) is 2.64. The van der Waals surface area contributed by atoms with Gasteiger partial charge >= 0.3 is 0 Å². The second kappa shape index (κ2) is 7.63. The Kier molecular flexibility index (Phi) is 6.84. The van der Waals surface area contributed by atoms with E-state index in [-0.39, 0.29) is 5.91 Å². The van der Waals surface area contributed by atoms with Crippen molar-refractivity contribution in [3.05, 3.63) is 35.4 Å². The van der Waals surface area contributed by atoms with Crippen LogP contribution in [0.2, 0.25) is 0 Å². The number of hydrogen-bond donors (Lipinski definition) is 0. The molecule has 1 aromatic rings. The van der Waals surface area contributed by atoms with Crippen molar-refractivity contribution in [3.63, 3.8) is 0 Å². The first-order valence-electron chi connectivity index (χ1n) is 5.52. The van der Waals surface area contributed by atoms with Crippen molar-refractivity contribution in [3.8, 4) is 0 Å². The summed E-state index contributed by atoms with van der Waals surface area (Å²) >= 11 is 0. The smallest absolute Gasteiger partial charge is 0.260 e. The molecule has 2 amide bonds. The molecule has 0 fully saturated rings. The van der Waals surface area contributed by atoms with Crippen LogP contribution in [0.25, 0.3) is 0 Å². The molecule has 16 heavy (non-hydrogen) atoms. The molecule has 0 radical (unpaired) electrons. The highest BCUT2D eigenvalue weighted by Crippen LogP contribution is 2.09. The summed E-state index contributed by atoms with van der Waals surface area (Å²) in [6.07, 6.45) is 0.564. The van der Waals surface area contributed by atoms with Gasteiger partial charge in [0.05, 0.1) is 0 Å². The Morgan fingerprint density at radius 3 is 2.31 bits per heavy atom. The molecule has 88 valence electrons. The molecule has 1 aromatic carbocycles. The first kappa shape index (κ1) is 14.4. The fourth-order valence-corrected chi connectivity index (χ4v) is 1.23. The maximum atomic E-state index is 11.7. The van der Waals surface area contributed by atoms with Crippen molar-refractivity contribution >= 4 is 12.3 Å². The molecule has 0 heterocycles. The molecular formula is C13H19NO2. The summed E-state index contributed by atoms with van der Waals surface area (Å²) in [5.41, 5.74) is 1.47. The van der Waals surface area contributed by atoms with Crippen LogP contribution in [-0.2, 0) is 4.79 Å². The molecule has 0 aromatic heterocycles. The van der Waals surface area contributed by atoms with Crippen LogP contribution >= 0.6 is 0 Å². The van der Waals surface area contributed by atoms with Crippen molar-refractivity contribution in [1.29, 1.82) is 0 Å². The fraction of sp³-hybridized carbons (Fsp3) is 0.385. The van der Waals surface area contributed by atoms with Gasteiger partial charge in [0.25, 0.3) is 5.91 Å². The second-order valence-electron chi connectivity index (χ2n) is 3.01. The third kappa shape index (κ3) is 3.50. The zero-order chi connectivity index (χ0) is 12.6. The number of hydrogen-bond acceptors (Lipinski definition) is 2. The number of rotatable bonds is 3. The van der Waals surface area contributed by atoms with E-state index in [1.54, 1.807) is 19.1 Å². The van der Waals surface area contributed by atoms with E-state index in [1.807, 2.05) is 32.9 Å². The van der Waals surface area contributed by atoms with Gasteiger partial charge in [-0.25, -0.2) is 0 Å². The Hall–Kier alpha value is -1.64. The number of carbonyl (C=O) groups excluding carboxylic acids is 2. The first-order valence-corrected chi connectivity index (χ1v) is 5.52. The Labute approximate surface area is 97.1 Å². The summed E-state index contributed by atoms with van der Waals surface area (Å²) in [4.78, 5) is 23.4. The quantitative estimate of drug-likeness (QED) is 0.736. The van der Waals surface area contributed by atoms with E-state index in [2.05, 4.69) is 0 Å². The van der Waals surface area contributed by atoms with Gasteiger partial charge in [-0.05, 0) is 25.5 Å². The number of carbonyl (C=O) groups is 2. The van der Waals surface area contributed by atoms with Gasteiger partial charge in [-0.3, -0.25) is 14.5 Å². The van der Waals surface area contributed by atoms with E-state index < -0.39 is 0 Å². The Balaban J connectivity index is 0.00000106. The molecular weight excluding hydrogens is 202 g/mol. The molecule has 0 saturated carbocycles. The lowest BCUT2D eigenvalue weighted by Crippen LogP contribution is -2.29.